The van der Waals surface area contributed by atoms with E-state index in [1.54, 1.807) is 0 Å². The summed E-state index contributed by atoms with van der Waals surface area (Å²) in [7, 11) is 0. The maximum Gasteiger partial charge on any atom is 0.154 e. The fraction of sp³-hybridized carbons (Fsp3) is 0.200. The summed E-state index contributed by atoms with van der Waals surface area (Å²) >= 11 is 0. The number of allylic oxidation sites excluding steroid dienone is 3. The third-order valence-electron chi connectivity index (χ3n) is 4.36. The van der Waals surface area contributed by atoms with Crippen molar-refractivity contribution in [2.75, 3.05) is 11.9 Å². The maximum absolute atomic E-state index is 4.71. The highest BCUT2D eigenvalue weighted by molar-refractivity contribution is 5.64. The van der Waals surface area contributed by atoms with Gasteiger partial charge in [0, 0.05) is 12.1 Å². The Labute approximate surface area is 141 Å². The van der Waals surface area contributed by atoms with Crippen LogP contribution >= 0.6 is 0 Å². The van der Waals surface area contributed by atoms with Gasteiger partial charge in [0.2, 0.25) is 0 Å². The van der Waals surface area contributed by atoms with Gasteiger partial charge in [-0.15, -0.1) is 5.10 Å². The number of aromatic nitrogens is 3. The molecule has 0 amide bonds. The van der Waals surface area contributed by atoms with Crippen LogP contribution in [0.15, 0.2) is 66.4 Å². The Morgan fingerprint density at radius 3 is 2.75 bits per heavy atom. The summed E-state index contributed by atoms with van der Waals surface area (Å²) in [6.45, 7) is 2.98. The average Bonchev–Trinajstić information content (AvgIpc) is 3.29. The van der Waals surface area contributed by atoms with E-state index >= 15 is 0 Å². The van der Waals surface area contributed by atoms with Crippen LogP contribution in [0.5, 0.6) is 0 Å². The molecule has 0 saturated heterocycles. The van der Waals surface area contributed by atoms with E-state index in [-0.39, 0.29) is 0 Å². The maximum atomic E-state index is 4.71. The molecule has 2 heterocycles. The van der Waals surface area contributed by atoms with Crippen molar-refractivity contribution in [2.45, 2.75) is 19.8 Å². The second-order valence-corrected chi connectivity index (χ2v) is 5.99. The van der Waals surface area contributed by atoms with Crippen LogP contribution in [-0.2, 0) is 6.42 Å². The van der Waals surface area contributed by atoms with Gasteiger partial charge >= 0.3 is 0 Å². The predicted molar refractivity (Wildman–Crippen MR) is 98.1 cm³/mol. The lowest BCUT2D eigenvalue weighted by Crippen LogP contribution is -2.07. The van der Waals surface area contributed by atoms with Crippen LogP contribution in [-0.4, -0.2) is 21.1 Å². The fourth-order valence-electron chi connectivity index (χ4n) is 2.90. The molecule has 4 rings (SSSR count). The molecule has 4 nitrogen and oxygen atoms in total. The molecule has 0 unspecified atom stereocenters. The van der Waals surface area contributed by atoms with Gasteiger partial charge in [0.05, 0.1) is 11.9 Å². The number of anilines is 1. The van der Waals surface area contributed by atoms with Crippen molar-refractivity contribution < 1.29 is 0 Å². The highest BCUT2D eigenvalue weighted by atomic mass is 15.3. The third-order valence-corrected chi connectivity index (χ3v) is 4.36. The largest absolute Gasteiger partial charge is 0.365 e. The van der Waals surface area contributed by atoms with Crippen LogP contribution in [0.2, 0.25) is 0 Å². The van der Waals surface area contributed by atoms with Crippen molar-refractivity contribution in [3.8, 4) is 11.3 Å². The monoisotopic (exact) mass is 316 g/mol. The summed E-state index contributed by atoms with van der Waals surface area (Å²) in [6, 6.07) is 12.6. The van der Waals surface area contributed by atoms with Crippen molar-refractivity contribution >= 4 is 11.5 Å². The number of hydrogen-bond donors (Lipinski definition) is 1. The van der Waals surface area contributed by atoms with Crippen LogP contribution in [0.1, 0.15) is 18.9 Å². The van der Waals surface area contributed by atoms with Crippen molar-refractivity contribution in [3.63, 3.8) is 0 Å². The summed E-state index contributed by atoms with van der Waals surface area (Å²) in [5.74, 6) is 0.861. The van der Waals surface area contributed by atoms with Gasteiger partial charge in [-0.2, -0.15) is 0 Å². The van der Waals surface area contributed by atoms with E-state index in [2.05, 4.69) is 59.7 Å². The first-order valence-electron chi connectivity index (χ1n) is 8.36. The number of fused-ring (bicyclic) bond motifs is 1. The number of aryl methyl sites for hydroxylation is 1. The molecule has 1 aliphatic rings. The topological polar surface area (TPSA) is 42.2 Å². The Kier molecular flexibility index (Phi) is 3.87. The molecule has 24 heavy (non-hydrogen) atoms. The molecular formula is C20H20N4. The molecule has 120 valence electrons. The lowest BCUT2D eigenvalue weighted by Gasteiger charge is -2.08. The molecule has 1 N–H and O–H groups in total. The number of imidazole rings is 1. The number of benzene rings is 1. The molecule has 0 bridgehead atoms. The standard InChI is InChI=1S/C20H20N4/c1-2-15-7-9-17(10-8-15)18-14-22-20-12-11-19(23-24(18)20)21-13-16-5-3-4-6-16/h3-5,7-12,14H,2,6,13H2,1H3,(H,21,23). The third kappa shape index (κ3) is 2.83. The summed E-state index contributed by atoms with van der Waals surface area (Å²) < 4.78 is 1.91. The normalized spacial score (nSPS) is 13.5. The SMILES string of the molecule is CCc1ccc(-c2cnc3ccc(NCC4=CC=CC4)nn23)cc1. The van der Waals surface area contributed by atoms with Gasteiger partial charge in [-0.05, 0) is 36.1 Å². The zero-order chi connectivity index (χ0) is 16.4. The molecule has 3 aromatic rings. The number of nitrogens with zero attached hydrogens (tertiary/aromatic N) is 3. The molecular weight excluding hydrogens is 296 g/mol. The van der Waals surface area contributed by atoms with Crippen molar-refractivity contribution in [1.29, 1.82) is 0 Å². The Balaban J connectivity index is 1.62. The van der Waals surface area contributed by atoms with Gasteiger partial charge in [-0.25, -0.2) is 9.50 Å². The highest BCUT2D eigenvalue weighted by Gasteiger charge is 2.08. The zero-order valence-electron chi connectivity index (χ0n) is 13.7. The van der Waals surface area contributed by atoms with Crippen LogP contribution < -0.4 is 5.32 Å². The fourth-order valence-corrected chi connectivity index (χ4v) is 2.90. The molecule has 0 aliphatic heterocycles. The lowest BCUT2D eigenvalue weighted by molar-refractivity contribution is 0.936. The summed E-state index contributed by atoms with van der Waals surface area (Å²) in [4.78, 5) is 4.47. The zero-order valence-corrected chi connectivity index (χ0v) is 13.7. The quantitative estimate of drug-likeness (QED) is 0.765. The van der Waals surface area contributed by atoms with E-state index in [0.717, 1.165) is 42.1 Å². The number of nitrogens with one attached hydrogen (secondary N) is 1. The average molecular weight is 316 g/mol. The molecule has 2 aromatic heterocycles. The Bertz CT molecular complexity index is 916. The van der Waals surface area contributed by atoms with Gasteiger partial charge in [0.25, 0.3) is 0 Å². The minimum absolute atomic E-state index is 0.820. The first-order valence-corrected chi connectivity index (χ1v) is 8.36. The number of rotatable bonds is 5. The molecule has 4 heteroatoms. The second-order valence-electron chi connectivity index (χ2n) is 5.99. The molecule has 1 aliphatic carbocycles. The van der Waals surface area contributed by atoms with E-state index in [1.807, 2.05) is 22.8 Å². The Morgan fingerprint density at radius 2 is 2.00 bits per heavy atom. The highest BCUT2D eigenvalue weighted by Crippen LogP contribution is 2.22. The van der Waals surface area contributed by atoms with Crippen molar-refractivity contribution in [1.82, 2.24) is 14.6 Å². The minimum atomic E-state index is 0.820. The van der Waals surface area contributed by atoms with E-state index in [4.69, 9.17) is 5.10 Å². The first kappa shape index (κ1) is 14.7. The molecule has 0 radical (unpaired) electrons. The molecule has 1 aromatic carbocycles. The summed E-state index contributed by atoms with van der Waals surface area (Å²) in [5.41, 5.74) is 5.71. The smallest absolute Gasteiger partial charge is 0.154 e. The van der Waals surface area contributed by atoms with Gasteiger partial charge in [0.1, 0.15) is 5.82 Å². The van der Waals surface area contributed by atoms with Gasteiger partial charge in [-0.3, -0.25) is 0 Å². The lowest BCUT2D eigenvalue weighted by atomic mass is 10.1. The summed E-state index contributed by atoms with van der Waals surface area (Å²) in [6.07, 6.45) is 10.4. The molecule has 0 fully saturated rings. The van der Waals surface area contributed by atoms with Gasteiger partial charge in [0.15, 0.2) is 5.65 Å². The second kappa shape index (κ2) is 6.32. The van der Waals surface area contributed by atoms with E-state index in [1.165, 1.54) is 11.1 Å². The Hall–Kier alpha value is -2.88. The van der Waals surface area contributed by atoms with E-state index < -0.39 is 0 Å². The van der Waals surface area contributed by atoms with Gasteiger partial charge < -0.3 is 5.32 Å². The van der Waals surface area contributed by atoms with Crippen molar-refractivity contribution in [2.24, 2.45) is 0 Å². The van der Waals surface area contributed by atoms with E-state index in [0.29, 0.717) is 0 Å². The molecule has 0 saturated carbocycles. The van der Waals surface area contributed by atoms with Crippen LogP contribution in [0.25, 0.3) is 16.9 Å². The molecule has 0 spiro atoms. The summed E-state index contributed by atoms with van der Waals surface area (Å²) in [5, 5.41) is 8.11. The van der Waals surface area contributed by atoms with Crippen LogP contribution in [0, 0.1) is 0 Å². The first-order chi connectivity index (χ1) is 11.8. The predicted octanol–water partition coefficient (Wildman–Crippen LogP) is 4.26. The van der Waals surface area contributed by atoms with E-state index in [9.17, 15) is 0 Å². The van der Waals surface area contributed by atoms with Crippen LogP contribution in [0.3, 0.4) is 0 Å². The van der Waals surface area contributed by atoms with Crippen molar-refractivity contribution in [3.05, 3.63) is 72.0 Å². The van der Waals surface area contributed by atoms with Crippen LogP contribution in [0.4, 0.5) is 5.82 Å². The molecule has 0 atom stereocenters. The van der Waals surface area contributed by atoms with Gasteiger partial charge in [-0.1, -0.05) is 49.4 Å². The minimum Gasteiger partial charge on any atom is -0.365 e. The number of hydrogen-bond acceptors (Lipinski definition) is 3. The Morgan fingerprint density at radius 1 is 1.12 bits per heavy atom.